The highest BCUT2D eigenvalue weighted by Crippen LogP contribution is 2.20. The molecular formula is C21H24N6OS. The maximum absolute atomic E-state index is 12.5. The van der Waals surface area contributed by atoms with Crippen molar-refractivity contribution in [1.82, 2.24) is 29.0 Å². The molecule has 0 saturated carbocycles. The molecular weight excluding hydrogens is 384 g/mol. The lowest BCUT2D eigenvalue weighted by Crippen LogP contribution is -2.45. The van der Waals surface area contributed by atoms with Crippen LogP contribution in [0.4, 0.5) is 0 Å². The van der Waals surface area contributed by atoms with Gasteiger partial charge in [-0.25, -0.2) is 0 Å². The largest absolute Gasteiger partial charge is 0.297 e. The smallest absolute Gasteiger partial charge is 0.272 e. The van der Waals surface area contributed by atoms with Crippen LogP contribution >= 0.6 is 11.3 Å². The van der Waals surface area contributed by atoms with Crippen LogP contribution < -0.4 is 5.56 Å². The third kappa shape index (κ3) is 3.27. The van der Waals surface area contributed by atoms with Crippen LogP contribution in [0.3, 0.4) is 0 Å². The summed E-state index contributed by atoms with van der Waals surface area (Å²) in [5.41, 5.74) is 3.66. The first-order valence-electron chi connectivity index (χ1n) is 9.91. The molecule has 4 heterocycles. The van der Waals surface area contributed by atoms with Crippen molar-refractivity contribution in [3.05, 3.63) is 63.0 Å². The lowest BCUT2D eigenvalue weighted by atomic mass is 10.1. The van der Waals surface area contributed by atoms with Crippen LogP contribution in [0.5, 0.6) is 0 Å². The summed E-state index contributed by atoms with van der Waals surface area (Å²) in [6.07, 6.45) is 0. The molecule has 4 aromatic rings. The molecule has 0 atom stereocenters. The van der Waals surface area contributed by atoms with Crippen molar-refractivity contribution in [3.8, 4) is 0 Å². The number of piperazine rings is 1. The molecule has 1 aromatic carbocycles. The van der Waals surface area contributed by atoms with Crippen LogP contribution in [0.25, 0.3) is 16.0 Å². The highest BCUT2D eigenvalue weighted by molar-refractivity contribution is 7.17. The van der Waals surface area contributed by atoms with Gasteiger partial charge in [-0.2, -0.15) is 0 Å². The topological polar surface area (TPSA) is 58.7 Å². The van der Waals surface area contributed by atoms with Gasteiger partial charge in [-0.15, -0.1) is 21.5 Å². The van der Waals surface area contributed by atoms with Crippen LogP contribution in [0.15, 0.2) is 40.5 Å². The Morgan fingerprint density at radius 1 is 1.00 bits per heavy atom. The molecule has 0 spiro atoms. The minimum absolute atomic E-state index is 0.00808. The van der Waals surface area contributed by atoms with Crippen LogP contribution in [0, 0.1) is 6.92 Å². The van der Waals surface area contributed by atoms with Gasteiger partial charge in [0.25, 0.3) is 5.56 Å². The van der Waals surface area contributed by atoms with E-state index in [2.05, 4.69) is 51.2 Å². The SMILES string of the molecule is Cc1ccccc1CN1CCN(Cc2nnc3n(C)c(=O)c4sccc4n23)CC1. The molecule has 0 unspecified atom stereocenters. The van der Waals surface area contributed by atoms with Crippen molar-refractivity contribution in [2.45, 2.75) is 20.0 Å². The van der Waals surface area contributed by atoms with E-state index in [1.54, 1.807) is 11.6 Å². The summed E-state index contributed by atoms with van der Waals surface area (Å²) in [4.78, 5) is 17.4. The van der Waals surface area contributed by atoms with Gasteiger partial charge in [-0.3, -0.25) is 23.6 Å². The van der Waals surface area contributed by atoms with Gasteiger partial charge in [0.2, 0.25) is 5.78 Å². The first-order valence-corrected chi connectivity index (χ1v) is 10.8. The minimum atomic E-state index is -0.00808. The van der Waals surface area contributed by atoms with Gasteiger partial charge in [-0.1, -0.05) is 24.3 Å². The Kier molecular flexibility index (Phi) is 4.69. The third-order valence-corrected chi connectivity index (χ3v) is 6.77. The van der Waals surface area contributed by atoms with Gasteiger partial charge >= 0.3 is 0 Å². The summed E-state index contributed by atoms with van der Waals surface area (Å²) >= 11 is 1.47. The number of nitrogens with zero attached hydrogens (tertiary/aromatic N) is 6. The van der Waals surface area contributed by atoms with E-state index < -0.39 is 0 Å². The van der Waals surface area contributed by atoms with E-state index in [4.69, 9.17) is 0 Å². The molecule has 7 nitrogen and oxygen atoms in total. The van der Waals surface area contributed by atoms with Gasteiger partial charge < -0.3 is 0 Å². The molecule has 8 heteroatoms. The van der Waals surface area contributed by atoms with Crippen molar-refractivity contribution in [3.63, 3.8) is 0 Å². The van der Waals surface area contributed by atoms with Crippen LogP contribution in [-0.4, -0.2) is 55.1 Å². The predicted molar refractivity (Wildman–Crippen MR) is 115 cm³/mol. The summed E-state index contributed by atoms with van der Waals surface area (Å²) in [7, 11) is 1.76. The molecule has 1 saturated heterocycles. The molecule has 0 N–H and O–H groups in total. The second-order valence-electron chi connectivity index (χ2n) is 7.73. The highest BCUT2D eigenvalue weighted by atomic mass is 32.1. The molecule has 0 bridgehead atoms. The van der Waals surface area contributed by atoms with Crippen LogP contribution in [0.2, 0.25) is 0 Å². The van der Waals surface area contributed by atoms with E-state index in [-0.39, 0.29) is 5.56 Å². The molecule has 0 aliphatic carbocycles. The second-order valence-corrected chi connectivity index (χ2v) is 8.65. The Labute approximate surface area is 172 Å². The zero-order valence-electron chi connectivity index (χ0n) is 16.7. The average Bonchev–Trinajstić information content (AvgIpc) is 3.36. The standard InChI is InChI=1S/C21H24N6OS/c1-15-5-3-4-6-16(15)13-25-8-10-26(11-9-25)14-18-22-23-21-24(2)20(28)19-17(27(18)21)7-12-29-19/h3-7,12H,8-11,13-14H2,1-2H3. The normalized spacial score (nSPS) is 16.2. The fraction of sp³-hybridized carbons (Fsp3) is 0.381. The highest BCUT2D eigenvalue weighted by Gasteiger charge is 2.21. The van der Waals surface area contributed by atoms with E-state index in [9.17, 15) is 4.79 Å². The molecule has 150 valence electrons. The first kappa shape index (κ1) is 18.5. The van der Waals surface area contributed by atoms with Crippen LogP contribution in [0.1, 0.15) is 17.0 Å². The molecule has 1 aliphatic heterocycles. The van der Waals surface area contributed by atoms with Gasteiger partial charge in [0.15, 0.2) is 5.82 Å². The van der Waals surface area contributed by atoms with Gasteiger partial charge in [0.05, 0.1) is 12.1 Å². The Morgan fingerprint density at radius 3 is 2.48 bits per heavy atom. The number of thiophene rings is 1. The van der Waals surface area contributed by atoms with Gasteiger partial charge in [0.1, 0.15) is 4.70 Å². The summed E-state index contributed by atoms with van der Waals surface area (Å²) in [6, 6.07) is 10.6. The lowest BCUT2D eigenvalue weighted by Gasteiger charge is -2.34. The van der Waals surface area contributed by atoms with Crippen LogP contribution in [-0.2, 0) is 20.1 Å². The number of aromatic nitrogens is 4. The Hall–Kier alpha value is -2.55. The molecule has 0 radical (unpaired) electrons. The predicted octanol–water partition coefficient (Wildman–Crippen LogP) is 2.27. The van der Waals surface area contributed by atoms with E-state index in [1.807, 2.05) is 15.8 Å². The monoisotopic (exact) mass is 408 g/mol. The lowest BCUT2D eigenvalue weighted by molar-refractivity contribution is 0.119. The quantitative estimate of drug-likeness (QED) is 0.519. The number of hydrogen-bond acceptors (Lipinski definition) is 6. The Bertz CT molecular complexity index is 1230. The zero-order valence-corrected chi connectivity index (χ0v) is 17.5. The zero-order chi connectivity index (χ0) is 20.0. The Balaban J connectivity index is 1.33. The van der Waals surface area contributed by atoms with Crippen molar-refractivity contribution >= 4 is 27.3 Å². The maximum atomic E-state index is 12.5. The summed E-state index contributed by atoms with van der Waals surface area (Å²) in [6.45, 7) is 8.00. The Morgan fingerprint density at radius 2 is 1.72 bits per heavy atom. The van der Waals surface area contributed by atoms with Crippen molar-refractivity contribution in [2.75, 3.05) is 26.2 Å². The third-order valence-electron chi connectivity index (χ3n) is 5.88. The molecule has 29 heavy (non-hydrogen) atoms. The molecule has 3 aromatic heterocycles. The second kappa shape index (κ2) is 7.37. The van der Waals surface area contributed by atoms with Crippen molar-refractivity contribution in [1.29, 1.82) is 0 Å². The van der Waals surface area contributed by atoms with Crippen molar-refractivity contribution < 1.29 is 0 Å². The summed E-state index contributed by atoms with van der Waals surface area (Å²) in [5.74, 6) is 1.50. The van der Waals surface area contributed by atoms with E-state index >= 15 is 0 Å². The summed E-state index contributed by atoms with van der Waals surface area (Å²) < 4.78 is 4.38. The fourth-order valence-electron chi connectivity index (χ4n) is 4.09. The van der Waals surface area contributed by atoms with E-state index in [0.717, 1.165) is 55.3 Å². The van der Waals surface area contributed by atoms with E-state index in [0.29, 0.717) is 5.78 Å². The molecule has 5 rings (SSSR count). The molecule has 1 fully saturated rings. The number of fused-ring (bicyclic) bond motifs is 3. The molecule has 1 aliphatic rings. The van der Waals surface area contributed by atoms with Crippen molar-refractivity contribution in [2.24, 2.45) is 7.05 Å². The average molecular weight is 409 g/mol. The fourth-order valence-corrected chi connectivity index (χ4v) is 4.94. The van der Waals surface area contributed by atoms with Gasteiger partial charge in [0, 0.05) is 39.8 Å². The number of hydrogen-bond donors (Lipinski definition) is 0. The first-order chi connectivity index (χ1) is 14.1. The van der Waals surface area contributed by atoms with E-state index in [1.165, 1.54) is 22.5 Å². The molecule has 0 amide bonds. The van der Waals surface area contributed by atoms with Gasteiger partial charge in [-0.05, 0) is 29.5 Å². The maximum Gasteiger partial charge on any atom is 0.272 e. The summed E-state index contributed by atoms with van der Waals surface area (Å²) in [5, 5.41) is 10.7. The minimum Gasteiger partial charge on any atom is -0.297 e. The number of rotatable bonds is 4. The number of benzene rings is 1. The number of aryl methyl sites for hydroxylation is 2.